The van der Waals surface area contributed by atoms with Gasteiger partial charge in [0.1, 0.15) is 0 Å². The van der Waals surface area contributed by atoms with Crippen LogP contribution in [0.4, 0.5) is 0 Å². The van der Waals surface area contributed by atoms with E-state index in [9.17, 15) is 4.79 Å². The van der Waals surface area contributed by atoms with E-state index in [-0.39, 0.29) is 24.5 Å². The molecular weight excluding hydrogens is 240 g/mol. The molecule has 1 unspecified atom stereocenters. The summed E-state index contributed by atoms with van der Waals surface area (Å²) < 4.78 is 0. The molecule has 1 atom stereocenters. The zero-order valence-electron chi connectivity index (χ0n) is 11.6. The molecule has 0 radical (unpaired) electrons. The molecule has 19 heavy (non-hydrogen) atoms. The topological polar surface area (TPSA) is 52.6 Å². The average Bonchev–Trinajstić information content (AvgIpc) is 2.43. The standard InChI is InChI=1S/C15H22N2O2/c1-11(2)17(7-8-18)15(19)14-10-16-9-12-5-3-4-6-13(12)14/h3-6,11,14,16,18H,7-10H2,1-2H3. The maximum Gasteiger partial charge on any atom is 0.231 e. The Hall–Kier alpha value is -1.39. The maximum atomic E-state index is 12.7. The molecule has 2 N–H and O–H groups in total. The molecule has 1 heterocycles. The van der Waals surface area contributed by atoms with Gasteiger partial charge in [-0.15, -0.1) is 0 Å². The molecule has 2 rings (SSSR count). The van der Waals surface area contributed by atoms with E-state index in [2.05, 4.69) is 11.4 Å². The molecule has 0 saturated carbocycles. The maximum absolute atomic E-state index is 12.7. The molecule has 1 amide bonds. The lowest BCUT2D eigenvalue weighted by atomic mass is 9.89. The normalized spacial score (nSPS) is 18.2. The Kier molecular flexibility index (Phi) is 4.56. The van der Waals surface area contributed by atoms with Gasteiger partial charge >= 0.3 is 0 Å². The minimum Gasteiger partial charge on any atom is -0.395 e. The molecule has 0 saturated heterocycles. The summed E-state index contributed by atoms with van der Waals surface area (Å²) in [5, 5.41) is 12.4. The second-order valence-electron chi connectivity index (χ2n) is 5.23. The van der Waals surface area contributed by atoms with Crippen molar-refractivity contribution in [3.8, 4) is 0 Å². The average molecular weight is 262 g/mol. The summed E-state index contributed by atoms with van der Waals surface area (Å²) in [6.07, 6.45) is 0. The Morgan fingerprint density at radius 1 is 1.47 bits per heavy atom. The highest BCUT2D eigenvalue weighted by Crippen LogP contribution is 2.26. The van der Waals surface area contributed by atoms with Gasteiger partial charge in [-0.3, -0.25) is 4.79 Å². The molecule has 0 aliphatic carbocycles. The zero-order chi connectivity index (χ0) is 13.8. The first kappa shape index (κ1) is 14.0. The highest BCUT2D eigenvalue weighted by Gasteiger charge is 2.30. The highest BCUT2D eigenvalue weighted by molar-refractivity contribution is 5.85. The lowest BCUT2D eigenvalue weighted by molar-refractivity contribution is -0.135. The number of benzene rings is 1. The number of carbonyl (C=O) groups excluding carboxylic acids is 1. The van der Waals surface area contributed by atoms with E-state index in [0.29, 0.717) is 13.1 Å². The van der Waals surface area contributed by atoms with Gasteiger partial charge in [0.05, 0.1) is 12.5 Å². The minimum absolute atomic E-state index is 0.00567. The van der Waals surface area contributed by atoms with Crippen molar-refractivity contribution < 1.29 is 9.90 Å². The van der Waals surface area contributed by atoms with Crippen LogP contribution >= 0.6 is 0 Å². The third-order valence-electron chi connectivity index (χ3n) is 3.64. The van der Waals surface area contributed by atoms with Gasteiger partial charge in [-0.1, -0.05) is 24.3 Å². The van der Waals surface area contributed by atoms with Crippen molar-refractivity contribution in [2.45, 2.75) is 32.4 Å². The fourth-order valence-corrected chi connectivity index (χ4v) is 2.65. The Balaban J connectivity index is 2.24. The SMILES string of the molecule is CC(C)N(CCO)C(=O)C1CNCc2ccccc21. The highest BCUT2D eigenvalue weighted by atomic mass is 16.3. The van der Waals surface area contributed by atoms with E-state index in [1.165, 1.54) is 5.56 Å². The van der Waals surface area contributed by atoms with Gasteiger partial charge in [0.2, 0.25) is 5.91 Å². The van der Waals surface area contributed by atoms with Crippen LogP contribution in [-0.4, -0.2) is 41.7 Å². The number of fused-ring (bicyclic) bond motifs is 1. The number of hydrogen-bond donors (Lipinski definition) is 2. The second-order valence-corrected chi connectivity index (χ2v) is 5.23. The summed E-state index contributed by atoms with van der Waals surface area (Å²) in [5.74, 6) is -0.0393. The number of nitrogens with one attached hydrogen (secondary N) is 1. The van der Waals surface area contributed by atoms with Crippen molar-refractivity contribution in [3.63, 3.8) is 0 Å². The van der Waals surface area contributed by atoms with E-state index < -0.39 is 0 Å². The minimum atomic E-state index is -0.140. The van der Waals surface area contributed by atoms with Gasteiger partial charge in [0, 0.05) is 25.7 Å². The summed E-state index contributed by atoms with van der Waals surface area (Å²) in [5.41, 5.74) is 2.31. The first-order valence-corrected chi connectivity index (χ1v) is 6.85. The van der Waals surface area contributed by atoms with Crippen LogP contribution in [0, 0.1) is 0 Å². The summed E-state index contributed by atoms with van der Waals surface area (Å²) in [4.78, 5) is 14.4. The molecule has 1 aromatic carbocycles. The van der Waals surface area contributed by atoms with E-state index in [0.717, 1.165) is 12.1 Å². The van der Waals surface area contributed by atoms with E-state index in [4.69, 9.17) is 5.11 Å². The summed E-state index contributed by atoms with van der Waals surface area (Å²) in [6, 6.07) is 8.19. The Morgan fingerprint density at radius 3 is 2.89 bits per heavy atom. The molecule has 1 aliphatic heterocycles. The monoisotopic (exact) mass is 262 g/mol. The van der Waals surface area contributed by atoms with Crippen molar-refractivity contribution in [2.24, 2.45) is 0 Å². The van der Waals surface area contributed by atoms with Crippen molar-refractivity contribution >= 4 is 5.91 Å². The molecule has 0 bridgehead atoms. The first-order valence-electron chi connectivity index (χ1n) is 6.85. The van der Waals surface area contributed by atoms with Crippen molar-refractivity contribution in [1.82, 2.24) is 10.2 Å². The van der Waals surface area contributed by atoms with E-state index >= 15 is 0 Å². The molecule has 0 fully saturated rings. The Labute approximate surface area is 114 Å². The predicted octanol–water partition coefficient (Wildman–Crippen LogP) is 1.10. The number of nitrogens with zero attached hydrogens (tertiary/aromatic N) is 1. The smallest absolute Gasteiger partial charge is 0.231 e. The van der Waals surface area contributed by atoms with Gasteiger partial charge < -0.3 is 15.3 Å². The van der Waals surface area contributed by atoms with Crippen LogP contribution in [-0.2, 0) is 11.3 Å². The van der Waals surface area contributed by atoms with Crippen LogP contribution in [0.2, 0.25) is 0 Å². The molecule has 1 aliphatic rings. The largest absolute Gasteiger partial charge is 0.395 e. The number of aliphatic hydroxyl groups excluding tert-OH is 1. The third-order valence-corrected chi connectivity index (χ3v) is 3.64. The molecular formula is C15H22N2O2. The lowest BCUT2D eigenvalue weighted by Gasteiger charge is -2.33. The van der Waals surface area contributed by atoms with Gasteiger partial charge in [-0.2, -0.15) is 0 Å². The van der Waals surface area contributed by atoms with Gasteiger partial charge in [0.25, 0.3) is 0 Å². The van der Waals surface area contributed by atoms with Gasteiger partial charge in [-0.05, 0) is 25.0 Å². The van der Waals surface area contributed by atoms with Crippen molar-refractivity contribution in [2.75, 3.05) is 19.7 Å². The summed E-state index contributed by atoms with van der Waals surface area (Å²) in [7, 11) is 0. The number of hydrogen-bond acceptors (Lipinski definition) is 3. The van der Waals surface area contributed by atoms with Crippen LogP contribution in [0.15, 0.2) is 24.3 Å². The molecule has 104 valence electrons. The third kappa shape index (κ3) is 2.96. The van der Waals surface area contributed by atoms with Crippen LogP contribution < -0.4 is 5.32 Å². The Bertz CT molecular complexity index is 446. The molecule has 4 nitrogen and oxygen atoms in total. The van der Waals surface area contributed by atoms with Gasteiger partial charge in [-0.25, -0.2) is 0 Å². The molecule has 0 spiro atoms. The number of carbonyl (C=O) groups is 1. The van der Waals surface area contributed by atoms with Crippen LogP contribution in [0.3, 0.4) is 0 Å². The summed E-state index contributed by atoms with van der Waals surface area (Å²) >= 11 is 0. The Morgan fingerprint density at radius 2 is 2.21 bits per heavy atom. The van der Waals surface area contributed by atoms with Crippen LogP contribution in [0.5, 0.6) is 0 Å². The van der Waals surface area contributed by atoms with Crippen LogP contribution in [0.1, 0.15) is 30.9 Å². The number of amides is 1. The number of rotatable bonds is 4. The quantitative estimate of drug-likeness (QED) is 0.854. The summed E-state index contributed by atoms with van der Waals surface area (Å²) in [6.45, 7) is 5.86. The van der Waals surface area contributed by atoms with E-state index in [1.807, 2.05) is 32.0 Å². The molecule has 4 heteroatoms. The van der Waals surface area contributed by atoms with Crippen molar-refractivity contribution in [3.05, 3.63) is 35.4 Å². The van der Waals surface area contributed by atoms with Crippen LogP contribution in [0.25, 0.3) is 0 Å². The second kappa shape index (κ2) is 6.17. The zero-order valence-corrected chi connectivity index (χ0v) is 11.6. The fraction of sp³-hybridized carbons (Fsp3) is 0.533. The molecule has 0 aromatic heterocycles. The van der Waals surface area contributed by atoms with Crippen molar-refractivity contribution in [1.29, 1.82) is 0 Å². The fourth-order valence-electron chi connectivity index (χ4n) is 2.65. The van der Waals surface area contributed by atoms with E-state index in [1.54, 1.807) is 4.90 Å². The predicted molar refractivity (Wildman–Crippen MR) is 74.8 cm³/mol. The first-order chi connectivity index (χ1) is 9.15. The molecule has 1 aromatic rings. The van der Waals surface area contributed by atoms with Gasteiger partial charge in [0.15, 0.2) is 0 Å². The lowest BCUT2D eigenvalue weighted by Crippen LogP contribution is -2.45. The number of aliphatic hydroxyl groups is 1.